The van der Waals surface area contributed by atoms with E-state index in [0.717, 1.165) is 52.1 Å². The van der Waals surface area contributed by atoms with Crippen molar-refractivity contribution in [2.24, 2.45) is 0 Å². The summed E-state index contributed by atoms with van der Waals surface area (Å²) >= 11 is 0. The summed E-state index contributed by atoms with van der Waals surface area (Å²) < 4.78 is 5.73. The fourth-order valence-corrected chi connectivity index (χ4v) is 4.46. The molecule has 2 fully saturated rings. The molecule has 1 amide bonds. The molecular weight excluding hydrogens is 350 g/mol. The zero-order valence-corrected chi connectivity index (χ0v) is 17.7. The summed E-state index contributed by atoms with van der Waals surface area (Å²) in [5.74, 6) is 0.274. The molecular formula is C23H37N3O2. The number of hydrogen-bond acceptors (Lipinski definition) is 4. The van der Waals surface area contributed by atoms with Gasteiger partial charge in [0.2, 0.25) is 5.91 Å². The number of ether oxygens (including phenoxy) is 1. The van der Waals surface area contributed by atoms with Crippen molar-refractivity contribution in [2.75, 3.05) is 45.9 Å². The highest BCUT2D eigenvalue weighted by molar-refractivity contribution is 5.78. The van der Waals surface area contributed by atoms with Crippen LogP contribution < -0.4 is 0 Å². The van der Waals surface area contributed by atoms with Crippen LogP contribution in [0.4, 0.5) is 0 Å². The maximum atomic E-state index is 13.0. The van der Waals surface area contributed by atoms with Gasteiger partial charge in [0.25, 0.3) is 0 Å². The van der Waals surface area contributed by atoms with Gasteiger partial charge in [-0.1, -0.05) is 44.2 Å². The first kappa shape index (κ1) is 21.3. The Hall–Kier alpha value is -1.43. The minimum Gasteiger partial charge on any atom is -0.375 e. The molecule has 2 aliphatic rings. The Morgan fingerprint density at radius 1 is 1.18 bits per heavy atom. The van der Waals surface area contributed by atoms with Crippen LogP contribution in [0.15, 0.2) is 30.3 Å². The molecule has 3 rings (SSSR count). The number of nitrogens with zero attached hydrogens (tertiary/aromatic N) is 3. The standard InChI is InChI=1S/C23H37N3O2/c1-3-12-25(19-23(27)26-14-15-28-22(4-2)18-26)21-11-8-13-24(17-21)16-20-9-6-5-7-10-20/h5-7,9-10,21-22H,3-4,8,11-19H2,1-2H3. The van der Waals surface area contributed by atoms with E-state index in [1.807, 2.05) is 4.90 Å². The van der Waals surface area contributed by atoms with Crippen molar-refractivity contribution in [1.82, 2.24) is 14.7 Å². The Morgan fingerprint density at radius 2 is 2.00 bits per heavy atom. The molecule has 0 saturated carbocycles. The van der Waals surface area contributed by atoms with Crippen LogP contribution >= 0.6 is 0 Å². The molecule has 2 atom stereocenters. The lowest BCUT2D eigenvalue weighted by Gasteiger charge is -2.40. The number of morpholine rings is 1. The highest BCUT2D eigenvalue weighted by atomic mass is 16.5. The molecule has 0 bridgehead atoms. The molecule has 5 heteroatoms. The molecule has 0 aromatic heterocycles. The molecule has 156 valence electrons. The van der Waals surface area contributed by atoms with Crippen LogP contribution in [0.5, 0.6) is 0 Å². The molecule has 0 aliphatic carbocycles. The van der Waals surface area contributed by atoms with E-state index in [2.05, 4.69) is 54.0 Å². The summed E-state index contributed by atoms with van der Waals surface area (Å²) in [7, 11) is 0. The molecule has 0 radical (unpaired) electrons. The van der Waals surface area contributed by atoms with Crippen LogP contribution in [0.25, 0.3) is 0 Å². The average molecular weight is 388 g/mol. The molecule has 1 aromatic carbocycles. The average Bonchev–Trinajstić information content (AvgIpc) is 2.74. The normalized spacial score (nSPS) is 23.9. The predicted octanol–water partition coefficient (Wildman–Crippen LogP) is 3.00. The first-order chi connectivity index (χ1) is 13.7. The topological polar surface area (TPSA) is 36.0 Å². The van der Waals surface area contributed by atoms with Crippen LogP contribution in [0.2, 0.25) is 0 Å². The molecule has 0 spiro atoms. The number of rotatable bonds is 8. The summed E-state index contributed by atoms with van der Waals surface area (Å²) in [6.07, 6.45) is 4.66. The Bertz CT molecular complexity index is 595. The van der Waals surface area contributed by atoms with E-state index >= 15 is 0 Å². The summed E-state index contributed by atoms with van der Waals surface area (Å²) in [5, 5.41) is 0. The fraction of sp³-hybridized carbons (Fsp3) is 0.696. The smallest absolute Gasteiger partial charge is 0.236 e. The van der Waals surface area contributed by atoms with E-state index in [4.69, 9.17) is 4.74 Å². The number of amides is 1. The van der Waals surface area contributed by atoms with Crippen molar-refractivity contribution in [3.63, 3.8) is 0 Å². The minimum atomic E-state index is 0.202. The quantitative estimate of drug-likeness (QED) is 0.687. The molecule has 2 unspecified atom stereocenters. The van der Waals surface area contributed by atoms with Gasteiger partial charge in [-0.05, 0) is 44.3 Å². The second-order valence-electron chi connectivity index (χ2n) is 8.23. The lowest BCUT2D eigenvalue weighted by atomic mass is 10.0. The minimum absolute atomic E-state index is 0.202. The number of carbonyl (C=O) groups is 1. The van der Waals surface area contributed by atoms with E-state index in [0.29, 0.717) is 19.2 Å². The first-order valence-electron chi connectivity index (χ1n) is 11.1. The first-order valence-corrected chi connectivity index (χ1v) is 11.1. The van der Waals surface area contributed by atoms with Crippen LogP contribution in [0.3, 0.4) is 0 Å². The van der Waals surface area contributed by atoms with Gasteiger partial charge < -0.3 is 9.64 Å². The monoisotopic (exact) mass is 387 g/mol. The summed E-state index contributed by atoms with van der Waals surface area (Å²) in [5.41, 5.74) is 1.38. The molecule has 2 aliphatic heterocycles. The number of benzene rings is 1. The van der Waals surface area contributed by atoms with Crippen LogP contribution in [-0.2, 0) is 16.1 Å². The number of piperidine rings is 1. The summed E-state index contributed by atoms with van der Waals surface area (Å²) in [4.78, 5) is 20.0. The van der Waals surface area contributed by atoms with Gasteiger partial charge in [-0.2, -0.15) is 0 Å². The number of hydrogen-bond donors (Lipinski definition) is 0. The van der Waals surface area contributed by atoms with Crippen molar-refractivity contribution < 1.29 is 9.53 Å². The molecule has 0 N–H and O–H groups in total. The number of likely N-dealkylation sites (tertiary alicyclic amines) is 1. The highest BCUT2D eigenvalue weighted by Gasteiger charge is 2.29. The predicted molar refractivity (Wildman–Crippen MR) is 113 cm³/mol. The maximum absolute atomic E-state index is 13.0. The summed E-state index contributed by atoms with van der Waals surface area (Å²) in [6, 6.07) is 11.2. The SMILES string of the molecule is CCCN(CC(=O)N1CCOC(CC)C1)C1CCCN(Cc2ccccc2)C1. The van der Waals surface area contributed by atoms with Crippen molar-refractivity contribution >= 4 is 5.91 Å². The van der Waals surface area contributed by atoms with E-state index in [1.165, 1.54) is 18.4 Å². The Kier molecular flexibility index (Phi) is 8.31. The Balaban J connectivity index is 1.57. The van der Waals surface area contributed by atoms with E-state index < -0.39 is 0 Å². The molecule has 28 heavy (non-hydrogen) atoms. The zero-order chi connectivity index (χ0) is 19.8. The summed E-state index contributed by atoms with van der Waals surface area (Å²) in [6.45, 7) is 11.3. The van der Waals surface area contributed by atoms with Crippen molar-refractivity contribution in [3.05, 3.63) is 35.9 Å². The van der Waals surface area contributed by atoms with Crippen molar-refractivity contribution in [1.29, 1.82) is 0 Å². The Labute approximate surface area is 170 Å². The van der Waals surface area contributed by atoms with Gasteiger partial charge in [0.1, 0.15) is 0 Å². The van der Waals surface area contributed by atoms with Crippen LogP contribution in [0.1, 0.15) is 45.1 Å². The Morgan fingerprint density at radius 3 is 2.75 bits per heavy atom. The van der Waals surface area contributed by atoms with Gasteiger partial charge in [-0.3, -0.25) is 14.6 Å². The van der Waals surface area contributed by atoms with Gasteiger partial charge in [0.15, 0.2) is 0 Å². The molecule has 2 saturated heterocycles. The van der Waals surface area contributed by atoms with Gasteiger partial charge in [0, 0.05) is 32.2 Å². The van der Waals surface area contributed by atoms with E-state index in [-0.39, 0.29) is 12.0 Å². The fourth-order valence-electron chi connectivity index (χ4n) is 4.46. The third-order valence-electron chi connectivity index (χ3n) is 6.04. The van der Waals surface area contributed by atoms with Gasteiger partial charge >= 0.3 is 0 Å². The maximum Gasteiger partial charge on any atom is 0.236 e. The third kappa shape index (κ3) is 6.03. The van der Waals surface area contributed by atoms with Gasteiger partial charge in [-0.25, -0.2) is 0 Å². The lowest BCUT2D eigenvalue weighted by molar-refractivity contribution is -0.141. The van der Waals surface area contributed by atoms with E-state index in [1.54, 1.807) is 0 Å². The van der Waals surface area contributed by atoms with Crippen molar-refractivity contribution in [2.45, 2.75) is 58.2 Å². The van der Waals surface area contributed by atoms with Crippen LogP contribution in [-0.4, -0.2) is 78.6 Å². The third-order valence-corrected chi connectivity index (χ3v) is 6.04. The molecule has 2 heterocycles. The molecule has 5 nitrogen and oxygen atoms in total. The second-order valence-corrected chi connectivity index (χ2v) is 8.23. The largest absolute Gasteiger partial charge is 0.375 e. The van der Waals surface area contributed by atoms with Gasteiger partial charge in [0.05, 0.1) is 19.3 Å². The second kappa shape index (κ2) is 10.9. The van der Waals surface area contributed by atoms with Crippen molar-refractivity contribution in [3.8, 4) is 0 Å². The lowest BCUT2D eigenvalue weighted by Crippen LogP contribution is -2.53. The van der Waals surface area contributed by atoms with Crippen LogP contribution in [0, 0.1) is 0 Å². The number of carbonyl (C=O) groups excluding carboxylic acids is 1. The van der Waals surface area contributed by atoms with E-state index in [9.17, 15) is 4.79 Å². The zero-order valence-electron chi connectivity index (χ0n) is 17.7. The van der Waals surface area contributed by atoms with Gasteiger partial charge in [-0.15, -0.1) is 0 Å². The highest BCUT2D eigenvalue weighted by Crippen LogP contribution is 2.19. The molecule has 1 aromatic rings.